The summed E-state index contributed by atoms with van der Waals surface area (Å²) in [7, 11) is 0. The van der Waals surface area contributed by atoms with Crippen molar-refractivity contribution in [1.29, 1.82) is 0 Å². The number of hydrogen-bond donors (Lipinski definition) is 3. The van der Waals surface area contributed by atoms with Gasteiger partial charge in [-0.1, -0.05) is 0 Å². The zero-order valence-electron chi connectivity index (χ0n) is 7.46. The van der Waals surface area contributed by atoms with Crippen molar-refractivity contribution >= 4 is 5.97 Å². The predicted molar refractivity (Wildman–Crippen MR) is 46.9 cm³/mol. The molecular weight excluding hydrogens is 210 g/mol. The highest BCUT2D eigenvalue weighted by Gasteiger charge is 2.22. The molecule has 0 aliphatic carbocycles. The van der Waals surface area contributed by atoms with Crippen LogP contribution in [0.3, 0.4) is 0 Å². The monoisotopic (exact) mass is 218 g/mol. The highest BCUT2D eigenvalue weighted by atomic mass is 19.3. The first-order valence-corrected chi connectivity index (χ1v) is 3.95. The van der Waals surface area contributed by atoms with Crippen LogP contribution in [0.1, 0.15) is 28.2 Å². The van der Waals surface area contributed by atoms with Crippen LogP contribution in [0.25, 0.3) is 0 Å². The topological polar surface area (TPSA) is 96.2 Å². The summed E-state index contributed by atoms with van der Waals surface area (Å²) in [4.78, 5) is 23.9. The van der Waals surface area contributed by atoms with Crippen LogP contribution in [0.5, 0.6) is 0 Å². The summed E-state index contributed by atoms with van der Waals surface area (Å²) in [6.45, 7) is -0.126. The minimum absolute atomic E-state index is 0.0989. The third-order valence-electron chi connectivity index (χ3n) is 1.78. The summed E-state index contributed by atoms with van der Waals surface area (Å²) < 4.78 is 24.7. The standard InChI is InChI=1S/C8H8F2N2O3/c9-7(10)5-4(13)1-3(2-11)12-6(5)8(14)15/h1,7H,2,11H2,(H,12,13)(H,14,15). The van der Waals surface area contributed by atoms with Gasteiger partial charge in [0.15, 0.2) is 5.43 Å². The zero-order chi connectivity index (χ0) is 11.6. The van der Waals surface area contributed by atoms with Gasteiger partial charge < -0.3 is 15.8 Å². The number of hydrogen-bond acceptors (Lipinski definition) is 3. The molecule has 0 aromatic carbocycles. The first kappa shape index (κ1) is 11.3. The van der Waals surface area contributed by atoms with E-state index in [9.17, 15) is 18.4 Å². The van der Waals surface area contributed by atoms with Crippen molar-refractivity contribution in [3.8, 4) is 0 Å². The van der Waals surface area contributed by atoms with Crippen LogP contribution in [-0.4, -0.2) is 16.1 Å². The summed E-state index contributed by atoms with van der Waals surface area (Å²) in [5, 5.41) is 8.61. The number of aromatic amines is 1. The number of carbonyl (C=O) groups is 1. The quantitative estimate of drug-likeness (QED) is 0.687. The average molecular weight is 218 g/mol. The molecule has 15 heavy (non-hydrogen) atoms. The molecule has 0 aliphatic rings. The van der Waals surface area contributed by atoms with E-state index < -0.39 is 29.1 Å². The van der Waals surface area contributed by atoms with Crippen molar-refractivity contribution in [3.05, 3.63) is 33.2 Å². The molecule has 0 saturated heterocycles. The van der Waals surface area contributed by atoms with Crippen molar-refractivity contribution < 1.29 is 18.7 Å². The maximum atomic E-state index is 12.4. The molecule has 0 amide bonds. The van der Waals surface area contributed by atoms with E-state index in [1.54, 1.807) is 0 Å². The molecule has 1 aromatic heterocycles. The largest absolute Gasteiger partial charge is 0.477 e. The second-order valence-corrected chi connectivity index (χ2v) is 2.76. The van der Waals surface area contributed by atoms with Crippen LogP contribution in [-0.2, 0) is 6.54 Å². The Balaban J connectivity index is 3.50. The van der Waals surface area contributed by atoms with Gasteiger partial charge >= 0.3 is 5.97 Å². The molecule has 7 heteroatoms. The number of pyridine rings is 1. The minimum atomic E-state index is -3.13. The van der Waals surface area contributed by atoms with Crippen LogP contribution in [0.2, 0.25) is 0 Å². The van der Waals surface area contributed by atoms with Crippen molar-refractivity contribution in [2.75, 3.05) is 0 Å². The first-order chi connectivity index (χ1) is 6.97. The van der Waals surface area contributed by atoms with Gasteiger partial charge in [0.25, 0.3) is 6.43 Å². The molecule has 0 fully saturated rings. The highest BCUT2D eigenvalue weighted by Crippen LogP contribution is 2.18. The molecule has 4 N–H and O–H groups in total. The summed E-state index contributed by atoms with van der Waals surface area (Å²) in [6, 6.07) is 0.869. The Hall–Kier alpha value is -1.76. The fourth-order valence-corrected chi connectivity index (χ4v) is 1.12. The fraction of sp³-hybridized carbons (Fsp3) is 0.250. The van der Waals surface area contributed by atoms with Gasteiger partial charge in [0, 0.05) is 18.3 Å². The maximum absolute atomic E-state index is 12.4. The van der Waals surface area contributed by atoms with Crippen LogP contribution in [0.4, 0.5) is 8.78 Å². The van der Waals surface area contributed by atoms with E-state index in [-0.39, 0.29) is 12.2 Å². The van der Waals surface area contributed by atoms with E-state index in [1.807, 2.05) is 0 Å². The number of aromatic carboxylic acids is 1. The highest BCUT2D eigenvalue weighted by molar-refractivity contribution is 5.87. The molecule has 0 bridgehead atoms. The number of alkyl halides is 2. The summed E-state index contributed by atoms with van der Waals surface area (Å²) >= 11 is 0. The number of aromatic nitrogens is 1. The Kier molecular flexibility index (Phi) is 3.15. The molecule has 0 atom stereocenters. The Labute approximate surface area is 82.5 Å². The number of halogens is 2. The van der Waals surface area contributed by atoms with Gasteiger partial charge in [-0.15, -0.1) is 0 Å². The average Bonchev–Trinajstić information content (AvgIpc) is 2.15. The van der Waals surface area contributed by atoms with Crippen molar-refractivity contribution in [1.82, 2.24) is 4.98 Å². The Morgan fingerprint density at radius 3 is 2.60 bits per heavy atom. The first-order valence-electron chi connectivity index (χ1n) is 3.95. The number of nitrogens with two attached hydrogens (primary N) is 1. The van der Waals surface area contributed by atoms with E-state index in [1.165, 1.54) is 0 Å². The SMILES string of the molecule is NCc1cc(=O)c(C(F)F)c(C(=O)O)[nH]1. The maximum Gasteiger partial charge on any atom is 0.352 e. The lowest BCUT2D eigenvalue weighted by Gasteiger charge is -2.06. The molecule has 0 spiro atoms. The zero-order valence-corrected chi connectivity index (χ0v) is 7.46. The Morgan fingerprint density at radius 2 is 2.20 bits per heavy atom. The number of H-pyrrole nitrogens is 1. The van der Waals surface area contributed by atoms with Gasteiger partial charge in [-0.05, 0) is 0 Å². The van der Waals surface area contributed by atoms with E-state index >= 15 is 0 Å². The molecule has 0 aliphatic heterocycles. The molecule has 0 radical (unpaired) electrons. The summed E-state index contributed by atoms with van der Waals surface area (Å²) in [5.41, 5.74) is 2.39. The Bertz CT molecular complexity index is 442. The summed E-state index contributed by atoms with van der Waals surface area (Å²) in [6.07, 6.45) is -3.13. The normalized spacial score (nSPS) is 10.7. The van der Waals surface area contributed by atoms with Crippen molar-refractivity contribution in [2.24, 2.45) is 5.73 Å². The number of carboxylic acids is 1. The smallest absolute Gasteiger partial charge is 0.352 e. The van der Waals surface area contributed by atoms with Crippen LogP contribution in [0.15, 0.2) is 10.9 Å². The van der Waals surface area contributed by atoms with Crippen LogP contribution in [0, 0.1) is 0 Å². The third kappa shape index (κ3) is 2.18. The van der Waals surface area contributed by atoms with Gasteiger partial charge in [-0.3, -0.25) is 4.79 Å². The minimum Gasteiger partial charge on any atom is -0.477 e. The van der Waals surface area contributed by atoms with Gasteiger partial charge in [0.2, 0.25) is 0 Å². The lowest BCUT2D eigenvalue weighted by atomic mass is 10.1. The van der Waals surface area contributed by atoms with Crippen LogP contribution < -0.4 is 11.2 Å². The lowest BCUT2D eigenvalue weighted by Crippen LogP contribution is -2.20. The lowest BCUT2D eigenvalue weighted by molar-refractivity contribution is 0.0676. The molecule has 5 nitrogen and oxygen atoms in total. The van der Waals surface area contributed by atoms with E-state index in [0.717, 1.165) is 6.07 Å². The van der Waals surface area contributed by atoms with Gasteiger partial charge in [-0.2, -0.15) is 0 Å². The second kappa shape index (κ2) is 4.18. The van der Waals surface area contributed by atoms with E-state index in [0.29, 0.717) is 0 Å². The number of rotatable bonds is 3. The molecular formula is C8H8F2N2O3. The van der Waals surface area contributed by atoms with Crippen molar-refractivity contribution in [2.45, 2.75) is 13.0 Å². The summed E-state index contributed by atoms with van der Waals surface area (Å²) in [5.74, 6) is -1.61. The second-order valence-electron chi connectivity index (χ2n) is 2.76. The van der Waals surface area contributed by atoms with E-state index in [4.69, 9.17) is 10.8 Å². The Morgan fingerprint density at radius 1 is 1.60 bits per heavy atom. The molecule has 0 unspecified atom stereocenters. The molecule has 0 saturated carbocycles. The van der Waals surface area contributed by atoms with Crippen LogP contribution >= 0.6 is 0 Å². The molecule has 1 aromatic rings. The number of carboxylic acid groups (broad SMARTS) is 1. The van der Waals surface area contributed by atoms with Gasteiger partial charge in [-0.25, -0.2) is 13.6 Å². The fourth-order valence-electron chi connectivity index (χ4n) is 1.12. The van der Waals surface area contributed by atoms with Crippen molar-refractivity contribution in [3.63, 3.8) is 0 Å². The third-order valence-corrected chi connectivity index (χ3v) is 1.78. The molecule has 82 valence electrons. The number of nitrogens with one attached hydrogen (secondary N) is 1. The predicted octanol–water partition coefficient (Wildman–Crippen LogP) is 0.469. The molecule has 1 rings (SSSR count). The van der Waals surface area contributed by atoms with Gasteiger partial charge in [0.05, 0.1) is 5.56 Å². The molecule has 1 heterocycles. The van der Waals surface area contributed by atoms with E-state index in [2.05, 4.69) is 4.98 Å². The van der Waals surface area contributed by atoms with Gasteiger partial charge in [0.1, 0.15) is 5.69 Å².